The zero-order chi connectivity index (χ0) is 25.4. The lowest BCUT2D eigenvalue weighted by atomic mass is 9.72. The highest BCUT2D eigenvalue weighted by Crippen LogP contribution is 2.42. The molecule has 2 unspecified atom stereocenters. The van der Waals surface area contributed by atoms with Crippen molar-refractivity contribution < 1.29 is 24.5 Å². The molecule has 3 rings (SSSR count). The number of Topliss-reactive ketones (excluding diaryl/α,β-unsaturated/α-hetero) is 1. The van der Waals surface area contributed by atoms with Gasteiger partial charge in [-0.2, -0.15) is 0 Å². The summed E-state index contributed by atoms with van der Waals surface area (Å²) in [5.41, 5.74) is 0.812. The van der Waals surface area contributed by atoms with Crippen LogP contribution in [0.1, 0.15) is 71.3 Å². The number of hydrogen-bond acceptors (Lipinski definition) is 6. The molecule has 0 aliphatic heterocycles. The summed E-state index contributed by atoms with van der Waals surface area (Å²) in [6.45, 7) is 11.4. The summed E-state index contributed by atoms with van der Waals surface area (Å²) >= 11 is 0. The van der Waals surface area contributed by atoms with E-state index in [-0.39, 0.29) is 58.6 Å². The van der Waals surface area contributed by atoms with E-state index >= 15 is 0 Å². The van der Waals surface area contributed by atoms with E-state index in [1.54, 1.807) is 6.08 Å². The SMILES string of the molecule is CC(C)=CCc1c(O)cc2oc3c(c(=O)c2c1O)CC(CC=C(C)C)C(=O)C3(O)CC=C(C)C. The second kappa shape index (κ2) is 9.63. The van der Waals surface area contributed by atoms with Crippen molar-refractivity contribution in [3.63, 3.8) is 0 Å². The fourth-order valence-electron chi connectivity index (χ4n) is 4.33. The Bertz CT molecular complexity index is 1280. The Hall–Kier alpha value is -3.12. The highest BCUT2D eigenvalue weighted by Gasteiger charge is 2.49. The fourth-order valence-corrected chi connectivity index (χ4v) is 4.33. The Labute approximate surface area is 199 Å². The van der Waals surface area contributed by atoms with Crippen LogP contribution in [0.4, 0.5) is 0 Å². The van der Waals surface area contributed by atoms with Crippen LogP contribution in [-0.4, -0.2) is 21.1 Å². The first kappa shape index (κ1) is 25.5. The number of phenols is 2. The molecule has 34 heavy (non-hydrogen) atoms. The van der Waals surface area contributed by atoms with Gasteiger partial charge in [0.2, 0.25) is 0 Å². The van der Waals surface area contributed by atoms with E-state index in [0.717, 1.165) is 16.7 Å². The zero-order valence-electron chi connectivity index (χ0n) is 20.8. The number of allylic oxidation sites excluding steroid dienone is 5. The molecule has 1 aromatic heterocycles. The predicted molar refractivity (Wildman–Crippen MR) is 133 cm³/mol. The number of aromatic hydroxyl groups is 2. The fraction of sp³-hybridized carbons (Fsp3) is 0.429. The number of rotatable bonds is 6. The van der Waals surface area contributed by atoms with Gasteiger partial charge in [-0.25, -0.2) is 0 Å². The van der Waals surface area contributed by atoms with Gasteiger partial charge in [-0.3, -0.25) is 9.59 Å². The van der Waals surface area contributed by atoms with E-state index in [9.17, 15) is 24.9 Å². The van der Waals surface area contributed by atoms with Gasteiger partial charge in [0, 0.05) is 29.5 Å². The number of carbonyl (C=O) groups excluding carboxylic acids is 1. The van der Waals surface area contributed by atoms with Gasteiger partial charge in [0.05, 0.1) is 0 Å². The van der Waals surface area contributed by atoms with Crippen LogP contribution in [-0.2, 0) is 23.2 Å². The van der Waals surface area contributed by atoms with E-state index in [4.69, 9.17) is 4.42 Å². The van der Waals surface area contributed by atoms with E-state index in [2.05, 4.69) is 0 Å². The summed E-state index contributed by atoms with van der Waals surface area (Å²) in [5.74, 6) is -1.65. The number of carbonyl (C=O) groups is 1. The van der Waals surface area contributed by atoms with E-state index in [0.29, 0.717) is 6.42 Å². The van der Waals surface area contributed by atoms with Gasteiger partial charge >= 0.3 is 0 Å². The monoisotopic (exact) mass is 466 g/mol. The molecule has 0 bridgehead atoms. The molecule has 0 saturated carbocycles. The van der Waals surface area contributed by atoms with Crippen molar-refractivity contribution in [2.45, 2.75) is 72.8 Å². The van der Waals surface area contributed by atoms with Crippen LogP contribution < -0.4 is 5.43 Å². The molecule has 1 aromatic carbocycles. The van der Waals surface area contributed by atoms with Crippen molar-refractivity contribution in [1.82, 2.24) is 0 Å². The Kier molecular flexibility index (Phi) is 7.22. The maximum absolute atomic E-state index is 13.6. The topological polar surface area (TPSA) is 108 Å². The van der Waals surface area contributed by atoms with Crippen molar-refractivity contribution in [2.75, 3.05) is 0 Å². The van der Waals surface area contributed by atoms with Gasteiger partial charge in [0.25, 0.3) is 0 Å². The second-order valence-corrected chi connectivity index (χ2v) is 9.95. The van der Waals surface area contributed by atoms with Crippen LogP contribution in [0, 0.1) is 5.92 Å². The minimum atomic E-state index is -2.01. The first-order valence-electron chi connectivity index (χ1n) is 11.6. The van der Waals surface area contributed by atoms with Crippen LogP contribution >= 0.6 is 0 Å². The van der Waals surface area contributed by atoms with Crippen LogP contribution in [0.25, 0.3) is 11.0 Å². The van der Waals surface area contributed by atoms with Crippen LogP contribution in [0.3, 0.4) is 0 Å². The van der Waals surface area contributed by atoms with Crippen molar-refractivity contribution >= 4 is 16.8 Å². The maximum atomic E-state index is 13.6. The minimum Gasteiger partial charge on any atom is -0.507 e. The molecular weight excluding hydrogens is 432 g/mol. The van der Waals surface area contributed by atoms with E-state index < -0.39 is 22.7 Å². The average Bonchev–Trinajstić information content (AvgIpc) is 2.74. The number of fused-ring (bicyclic) bond motifs is 2. The molecular formula is C28H34O6. The van der Waals surface area contributed by atoms with Crippen LogP contribution in [0.2, 0.25) is 0 Å². The standard InChI is InChI=1S/C28H34O6/c1-15(2)7-9-18-13-20-25(31)23-22(14-21(29)19(24(23)30)10-8-16(3)4)34-27(20)28(33,26(18)32)12-11-17(5)6/h7-8,11,14,18,29-30,33H,9-10,12-13H2,1-6H3. The Morgan fingerprint density at radius 3 is 2.24 bits per heavy atom. The summed E-state index contributed by atoms with van der Waals surface area (Å²) in [6, 6.07) is 1.27. The molecule has 0 fully saturated rings. The van der Waals surface area contributed by atoms with Crippen LogP contribution in [0.5, 0.6) is 11.5 Å². The Balaban J connectivity index is 2.31. The minimum absolute atomic E-state index is 0.0302. The van der Waals surface area contributed by atoms with Gasteiger partial charge in [-0.15, -0.1) is 0 Å². The largest absolute Gasteiger partial charge is 0.507 e. The molecule has 0 saturated heterocycles. The average molecular weight is 467 g/mol. The molecule has 182 valence electrons. The number of benzene rings is 1. The first-order chi connectivity index (χ1) is 15.9. The number of aliphatic hydroxyl groups is 1. The second-order valence-electron chi connectivity index (χ2n) is 9.95. The number of ketones is 1. The van der Waals surface area contributed by atoms with Crippen molar-refractivity contribution in [3.05, 3.63) is 68.1 Å². The highest BCUT2D eigenvalue weighted by atomic mass is 16.4. The normalized spacial score (nSPS) is 19.5. The van der Waals surface area contributed by atoms with Crippen molar-refractivity contribution in [3.8, 4) is 11.5 Å². The lowest BCUT2D eigenvalue weighted by molar-refractivity contribution is -0.146. The third-order valence-corrected chi connectivity index (χ3v) is 6.27. The smallest absolute Gasteiger partial charge is 0.200 e. The predicted octanol–water partition coefficient (Wildman–Crippen LogP) is 5.35. The maximum Gasteiger partial charge on any atom is 0.200 e. The molecule has 1 aliphatic rings. The lowest BCUT2D eigenvalue weighted by Crippen LogP contribution is -2.46. The van der Waals surface area contributed by atoms with Gasteiger partial charge in [-0.1, -0.05) is 34.9 Å². The summed E-state index contributed by atoms with van der Waals surface area (Å²) in [6.07, 6.45) is 6.22. The molecule has 0 radical (unpaired) electrons. The van der Waals surface area contributed by atoms with Crippen molar-refractivity contribution in [1.29, 1.82) is 0 Å². The molecule has 6 heteroatoms. The lowest BCUT2D eigenvalue weighted by Gasteiger charge is -2.35. The number of phenolic OH excluding ortho intramolecular Hbond substituents is 2. The molecule has 6 nitrogen and oxygen atoms in total. The van der Waals surface area contributed by atoms with Crippen LogP contribution in [0.15, 0.2) is 50.2 Å². The molecule has 1 aliphatic carbocycles. The molecule has 3 N–H and O–H groups in total. The van der Waals surface area contributed by atoms with Gasteiger partial charge in [0.15, 0.2) is 22.6 Å². The zero-order valence-corrected chi connectivity index (χ0v) is 20.8. The first-order valence-corrected chi connectivity index (χ1v) is 11.6. The van der Waals surface area contributed by atoms with E-state index in [1.165, 1.54) is 6.07 Å². The van der Waals surface area contributed by atoms with Gasteiger partial charge < -0.3 is 19.7 Å². The molecule has 0 amide bonds. The Morgan fingerprint density at radius 2 is 1.65 bits per heavy atom. The third-order valence-electron chi connectivity index (χ3n) is 6.27. The molecule has 1 heterocycles. The molecule has 2 atom stereocenters. The number of hydrogen-bond donors (Lipinski definition) is 3. The van der Waals surface area contributed by atoms with Crippen molar-refractivity contribution in [2.24, 2.45) is 5.92 Å². The van der Waals surface area contributed by atoms with E-state index in [1.807, 2.05) is 53.7 Å². The Morgan fingerprint density at radius 1 is 1.03 bits per heavy atom. The summed E-state index contributed by atoms with van der Waals surface area (Å²) in [5, 5.41) is 33.0. The molecule has 2 aromatic rings. The summed E-state index contributed by atoms with van der Waals surface area (Å²) < 4.78 is 5.95. The quantitative estimate of drug-likeness (QED) is 0.495. The summed E-state index contributed by atoms with van der Waals surface area (Å²) in [7, 11) is 0. The summed E-state index contributed by atoms with van der Waals surface area (Å²) in [4.78, 5) is 27.1. The highest BCUT2D eigenvalue weighted by molar-refractivity contribution is 5.94. The third kappa shape index (κ3) is 4.73. The van der Waals surface area contributed by atoms with Gasteiger partial charge in [-0.05, 0) is 60.8 Å². The van der Waals surface area contributed by atoms with Gasteiger partial charge in [0.1, 0.15) is 22.5 Å². The molecule has 0 spiro atoms.